The summed E-state index contributed by atoms with van der Waals surface area (Å²) in [5, 5.41) is 28.2. The Labute approximate surface area is 99.1 Å². The first-order valence-corrected chi connectivity index (χ1v) is 5.58. The van der Waals surface area contributed by atoms with Gasteiger partial charge in [-0.1, -0.05) is 6.92 Å². The molecule has 0 spiro atoms. The Morgan fingerprint density at radius 2 is 2.12 bits per heavy atom. The van der Waals surface area contributed by atoms with Crippen LogP contribution < -0.4 is 5.73 Å². The van der Waals surface area contributed by atoms with Crippen molar-refractivity contribution in [1.29, 1.82) is 0 Å². The second-order valence-electron chi connectivity index (χ2n) is 4.02. The van der Waals surface area contributed by atoms with Crippen molar-refractivity contribution in [2.75, 3.05) is 6.61 Å². The zero-order chi connectivity index (χ0) is 13.0. The highest BCUT2D eigenvalue weighted by Gasteiger charge is 2.44. The molecule has 5 atom stereocenters. The molecule has 1 heterocycles. The van der Waals surface area contributed by atoms with Gasteiger partial charge in [-0.2, -0.15) is 0 Å². The number of carbonyl (C=O) groups is 1. The van der Waals surface area contributed by atoms with Gasteiger partial charge in [-0.05, 0) is 6.42 Å². The number of hydrogen-bond acceptors (Lipinski definition) is 7. The van der Waals surface area contributed by atoms with Gasteiger partial charge in [0, 0.05) is 6.42 Å². The van der Waals surface area contributed by atoms with E-state index in [1.165, 1.54) is 0 Å². The monoisotopic (exact) mass is 249 g/mol. The standard InChI is InChI=1S/C10H19NO6/c1-2-3-6(13)17-9-7(11)10(15)16-5(4-12)8(9)14/h5,7-10,12,14-15H,2-4,11H2,1H3/t5-,7-,8-,9-,10-/m1/s1. The van der Waals surface area contributed by atoms with Gasteiger partial charge in [-0.3, -0.25) is 4.79 Å². The number of ether oxygens (including phenoxy) is 2. The molecule has 0 aliphatic carbocycles. The zero-order valence-corrected chi connectivity index (χ0v) is 9.65. The molecule has 7 nitrogen and oxygen atoms in total. The maximum atomic E-state index is 11.3. The third kappa shape index (κ3) is 3.36. The molecular formula is C10H19NO6. The summed E-state index contributed by atoms with van der Waals surface area (Å²) in [5.74, 6) is -0.502. The minimum absolute atomic E-state index is 0.205. The highest BCUT2D eigenvalue weighted by molar-refractivity contribution is 5.69. The van der Waals surface area contributed by atoms with Crippen molar-refractivity contribution in [3.05, 3.63) is 0 Å². The molecule has 17 heavy (non-hydrogen) atoms. The number of esters is 1. The molecule has 0 aromatic heterocycles. The molecule has 0 aromatic carbocycles. The minimum Gasteiger partial charge on any atom is -0.458 e. The van der Waals surface area contributed by atoms with Crippen LogP contribution in [0.1, 0.15) is 19.8 Å². The Morgan fingerprint density at radius 1 is 1.47 bits per heavy atom. The molecule has 1 rings (SSSR count). The van der Waals surface area contributed by atoms with Gasteiger partial charge in [0.05, 0.1) is 12.6 Å². The van der Waals surface area contributed by atoms with E-state index in [0.717, 1.165) is 0 Å². The summed E-state index contributed by atoms with van der Waals surface area (Å²) in [7, 11) is 0. The Bertz CT molecular complexity index is 261. The van der Waals surface area contributed by atoms with Gasteiger partial charge in [0.2, 0.25) is 0 Å². The lowest BCUT2D eigenvalue weighted by atomic mass is 9.97. The highest BCUT2D eigenvalue weighted by Crippen LogP contribution is 2.21. The molecule has 7 heteroatoms. The van der Waals surface area contributed by atoms with Gasteiger partial charge >= 0.3 is 5.97 Å². The molecule has 0 aromatic rings. The molecule has 0 amide bonds. The lowest BCUT2D eigenvalue weighted by Gasteiger charge is -2.40. The van der Waals surface area contributed by atoms with E-state index in [1.54, 1.807) is 0 Å². The van der Waals surface area contributed by atoms with E-state index in [0.29, 0.717) is 6.42 Å². The quantitative estimate of drug-likeness (QED) is 0.429. The van der Waals surface area contributed by atoms with E-state index >= 15 is 0 Å². The number of hydrogen-bond donors (Lipinski definition) is 4. The van der Waals surface area contributed by atoms with E-state index in [9.17, 15) is 15.0 Å². The Kier molecular flexibility index (Phi) is 5.29. The largest absolute Gasteiger partial charge is 0.458 e. The second kappa shape index (κ2) is 6.27. The van der Waals surface area contributed by atoms with Crippen LogP contribution in [0.2, 0.25) is 0 Å². The fourth-order valence-corrected chi connectivity index (χ4v) is 1.67. The molecule has 0 radical (unpaired) electrons. The van der Waals surface area contributed by atoms with Crippen molar-refractivity contribution in [2.24, 2.45) is 5.73 Å². The van der Waals surface area contributed by atoms with E-state index in [-0.39, 0.29) is 6.42 Å². The maximum absolute atomic E-state index is 11.3. The molecule has 100 valence electrons. The van der Waals surface area contributed by atoms with Crippen LogP contribution >= 0.6 is 0 Å². The zero-order valence-electron chi connectivity index (χ0n) is 9.65. The van der Waals surface area contributed by atoms with E-state index in [2.05, 4.69) is 0 Å². The van der Waals surface area contributed by atoms with Crippen molar-refractivity contribution < 1.29 is 29.6 Å². The molecule has 1 fully saturated rings. The Morgan fingerprint density at radius 3 is 2.65 bits per heavy atom. The van der Waals surface area contributed by atoms with Gasteiger partial charge < -0.3 is 30.5 Å². The van der Waals surface area contributed by atoms with Crippen molar-refractivity contribution in [3.63, 3.8) is 0 Å². The van der Waals surface area contributed by atoms with Crippen LogP contribution in [0, 0.1) is 0 Å². The number of carbonyl (C=O) groups excluding carboxylic acids is 1. The number of aliphatic hydroxyl groups is 3. The summed E-state index contributed by atoms with van der Waals surface area (Å²) in [4.78, 5) is 11.3. The van der Waals surface area contributed by atoms with Gasteiger partial charge in [0.15, 0.2) is 12.4 Å². The fraction of sp³-hybridized carbons (Fsp3) is 0.900. The van der Waals surface area contributed by atoms with E-state index in [4.69, 9.17) is 20.3 Å². The van der Waals surface area contributed by atoms with E-state index in [1.807, 2.05) is 6.92 Å². The predicted molar refractivity (Wildman–Crippen MR) is 56.7 cm³/mol. The number of rotatable bonds is 4. The first-order valence-electron chi connectivity index (χ1n) is 5.58. The maximum Gasteiger partial charge on any atom is 0.306 e. The van der Waals surface area contributed by atoms with Gasteiger partial charge in [-0.25, -0.2) is 0 Å². The third-order valence-electron chi connectivity index (χ3n) is 2.64. The highest BCUT2D eigenvalue weighted by atomic mass is 16.6. The molecule has 0 unspecified atom stereocenters. The Hall–Kier alpha value is -0.730. The van der Waals surface area contributed by atoms with Crippen molar-refractivity contribution in [2.45, 2.75) is 50.4 Å². The molecule has 1 saturated heterocycles. The summed E-state index contributed by atoms with van der Waals surface area (Å²) in [6, 6.07) is -1.03. The number of nitrogens with two attached hydrogens (primary N) is 1. The van der Waals surface area contributed by atoms with Crippen molar-refractivity contribution in [3.8, 4) is 0 Å². The van der Waals surface area contributed by atoms with Gasteiger partial charge in [-0.15, -0.1) is 0 Å². The molecule has 1 aliphatic rings. The smallest absolute Gasteiger partial charge is 0.306 e. The summed E-state index contributed by atoms with van der Waals surface area (Å²) >= 11 is 0. The van der Waals surface area contributed by atoms with Crippen molar-refractivity contribution in [1.82, 2.24) is 0 Å². The number of aliphatic hydroxyl groups excluding tert-OH is 3. The van der Waals surface area contributed by atoms with Crippen LogP contribution in [0.25, 0.3) is 0 Å². The molecular weight excluding hydrogens is 230 g/mol. The van der Waals surface area contributed by atoms with E-state index < -0.39 is 43.2 Å². The summed E-state index contributed by atoms with van der Waals surface area (Å²) in [6.45, 7) is 1.32. The first-order chi connectivity index (χ1) is 8.01. The fourth-order valence-electron chi connectivity index (χ4n) is 1.67. The predicted octanol–water partition coefficient (Wildman–Crippen LogP) is -1.90. The van der Waals surface area contributed by atoms with Crippen LogP contribution in [0.15, 0.2) is 0 Å². The Balaban J connectivity index is 2.68. The lowest BCUT2D eigenvalue weighted by Crippen LogP contribution is -2.63. The molecule has 5 N–H and O–H groups in total. The summed E-state index contributed by atoms with van der Waals surface area (Å²) in [6.07, 6.45) is -3.90. The molecule has 0 bridgehead atoms. The first kappa shape index (κ1) is 14.3. The van der Waals surface area contributed by atoms with Crippen molar-refractivity contribution >= 4 is 5.97 Å². The minimum atomic E-state index is -1.38. The van der Waals surface area contributed by atoms with Crippen LogP contribution in [0.3, 0.4) is 0 Å². The average Bonchev–Trinajstić information content (AvgIpc) is 2.29. The van der Waals surface area contributed by atoms with Gasteiger partial charge in [0.1, 0.15) is 12.2 Å². The lowest BCUT2D eigenvalue weighted by molar-refractivity contribution is -0.254. The third-order valence-corrected chi connectivity index (χ3v) is 2.64. The van der Waals surface area contributed by atoms with Crippen LogP contribution in [-0.4, -0.2) is 58.5 Å². The molecule has 1 aliphatic heterocycles. The van der Waals surface area contributed by atoms with Crippen LogP contribution in [0.4, 0.5) is 0 Å². The van der Waals surface area contributed by atoms with Gasteiger partial charge in [0.25, 0.3) is 0 Å². The SMILES string of the molecule is CCCC(=O)O[C@@H]1[C@@H](N)[C@H](O)O[C@H](CO)[C@H]1O. The average molecular weight is 249 g/mol. The topological polar surface area (TPSA) is 122 Å². The normalized spacial score (nSPS) is 37.8. The summed E-state index contributed by atoms with van der Waals surface area (Å²) < 4.78 is 9.86. The summed E-state index contributed by atoms with van der Waals surface area (Å²) in [5.41, 5.74) is 5.58. The van der Waals surface area contributed by atoms with Crippen LogP contribution in [0.5, 0.6) is 0 Å². The molecule has 0 saturated carbocycles. The van der Waals surface area contributed by atoms with Crippen LogP contribution in [-0.2, 0) is 14.3 Å². The second-order valence-corrected chi connectivity index (χ2v) is 4.02.